The molecule has 2 aliphatic carbocycles. The van der Waals surface area contributed by atoms with Gasteiger partial charge in [0.15, 0.2) is 0 Å². The van der Waals surface area contributed by atoms with Crippen LogP contribution in [0, 0.1) is 0 Å². The van der Waals surface area contributed by atoms with Crippen molar-refractivity contribution in [2.24, 2.45) is 0 Å². The predicted molar refractivity (Wildman–Crippen MR) is 287 cm³/mol. The molecule has 0 fully saturated rings. The van der Waals surface area contributed by atoms with E-state index in [1.54, 1.807) is 0 Å². The Morgan fingerprint density at radius 2 is 0.691 bits per heavy atom. The van der Waals surface area contributed by atoms with Crippen LogP contribution in [0.1, 0.15) is 49.9 Å². The first-order chi connectivity index (χ1) is 33.3. The van der Waals surface area contributed by atoms with Crippen molar-refractivity contribution in [1.29, 1.82) is 0 Å². The third-order valence-electron chi connectivity index (χ3n) is 14.7. The highest BCUT2D eigenvalue weighted by Gasteiger charge is 2.41. The van der Waals surface area contributed by atoms with Crippen LogP contribution in [0.15, 0.2) is 243 Å². The van der Waals surface area contributed by atoms with E-state index in [0.29, 0.717) is 0 Å². The van der Waals surface area contributed by atoms with E-state index >= 15 is 0 Å². The molecule has 0 bridgehead atoms. The lowest BCUT2D eigenvalue weighted by Crippen LogP contribution is -2.20. The summed E-state index contributed by atoms with van der Waals surface area (Å²) < 4.78 is 0. The average molecular weight is 873 g/mol. The van der Waals surface area contributed by atoms with Gasteiger partial charge in [-0.1, -0.05) is 210 Å². The second-order valence-corrected chi connectivity index (χ2v) is 19.3. The van der Waals surface area contributed by atoms with Crippen molar-refractivity contribution in [3.05, 3.63) is 265 Å². The lowest BCUT2D eigenvalue weighted by atomic mass is 9.80. The molecule has 12 rings (SSSR count). The van der Waals surface area contributed by atoms with Gasteiger partial charge in [0, 0.05) is 39.1 Å². The molecule has 326 valence electrons. The minimum absolute atomic E-state index is 0.130. The van der Waals surface area contributed by atoms with Gasteiger partial charge in [-0.3, -0.25) is 0 Å². The van der Waals surface area contributed by atoms with Gasteiger partial charge in [0.25, 0.3) is 0 Å². The Morgan fingerprint density at radius 3 is 1.35 bits per heavy atom. The zero-order valence-electron chi connectivity index (χ0n) is 39.0. The van der Waals surface area contributed by atoms with E-state index in [-0.39, 0.29) is 10.8 Å². The van der Waals surface area contributed by atoms with Crippen LogP contribution in [0.4, 0.5) is 34.1 Å². The van der Waals surface area contributed by atoms with Crippen molar-refractivity contribution < 1.29 is 0 Å². The van der Waals surface area contributed by atoms with Crippen molar-refractivity contribution in [1.82, 2.24) is 0 Å². The SMILES string of the molecule is CC1(C)c2ccccc2-c2ccc(N(c3ccc(-c4ccc(N(c5ccccc5)c5ccc(-c6ccccc6)cc5)c5c4-c4ccccc4C5(C)C)cc3)c3ccccc3-c3ccccc3)cc21. The number of hydrogen-bond donors (Lipinski definition) is 0. The zero-order valence-corrected chi connectivity index (χ0v) is 39.0. The lowest BCUT2D eigenvalue weighted by molar-refractivity contribution is 0.660. The maximum Gasteiger partial charge on any atom is 0.0540 e. The maximum absolute atomic E-state index is 2.46. The van der Waals surface area contributed by atoms with Crippen LogP contribution in [0.5, 0.6) is 0 Å². The molecular formula is C66H52N2. The minimum Gasteiger partial charge on any atom is -0.310 e. The first-order valence-corrected chi connectivity index (χ1v) is 23.8. The fraction of sp³-hybridized carbons (Fsp3) is 0.0909. The molecule has 10 aromatic carbocycles. The van der Waals surface area contributed by atoms with Gasteiger partial charge in [-0.05, 0) is 133 Å². The van der Waals surface area contributed by atoms with Gasteiger partial charge in [0.05, 0.1) is 11.4 Å². The van der Waals surface area contributed by atoms with Crippen molar-refractivity contribution in [2.45, 2.75) is 38.5 Å². The summed E-state index contributed by atoms with van der Waals surface area (Å²) >= 11 is 0. The first-order valence-electron chi connectivity index (χ1n) is 23.8. The number of anilines is 6. The predicted octanol–water partition coefficient (Wildman–Crippen LogP) is 18.2. The summed E-state index contributed by atoms with van der Waals surface area (Å²) in [6, 6.07) is 89.2. The van der Waals surface area contributed by atoms with Crippen molar-refractivity contribution >= 4 is 34.1 Å². The van der Waals surface area contributed by atoms with E-state index in [9.17, 15) is 0 Å². The molecule has 0 heterocycles. The van der Waals surface area contributed by atoms with Crippen LogP contribution in [0.25, 0.3) is 55.6 Å². The van der Waals surface area contributed by atoms with Crippen molar-refractivity contribution in [3.8, 4) is 55.6 Å². The summed E-state index contributed by atoms with van der Waals surface area (Å²) in [4.78, 5) is 4.91. The topological polar surface area (TPSA) is 6.48 Å². The van der Waals surface area contributed by atoms with Crippen LogP contribution < -0.4 is 9.80 Å². The third kappa shape index (κ3) is 6.70. The minimum atomic E-state index is -0.271. The molecule has 2 nitrogen and oxygen atoms in total. The summed E-state index contributed by atoms with van der Waals surface area (Å²) in [5.74, 6) is 0. The number of hydrogen-bond acceptors (Lipinski definition) is 2. The van der Waals surface area contributed by atoms with Crippen LogP contribution in [0.3, 0.4) is 0 Å². The van der Waals surface area contributed by atoms with E-state index in [1.807, 2.05) is 0 Å². The Bertz CT molecular complexity index is 3480. The Kier molecular flexibility index (Phi) is 9.88. The number of rotatable bonds is 9. The fourth-order valence-electron chi connectivity index (χ4n) is 11.3. The van der Waals surface area contributed by atoms with Gasteiger partial charge in [-0.2, -0.15) is 0 Å². The number of nitrogens with zero attached hydrogens (tertiary/aromatic N) is 2. The normalized spacial score (nSPS) is 13.5. The van der Waals surface area contributed by atoms with E-state index < -0.39 is 0 Å². The Hall–Kier alpha value is -8.20. The zero-order chi connectivity index (χ0) is 46.0. The smallest absolute Gasteiger partial charge is 0.0540 e. The third-order valence-corrected chi connectivity index (χ3v) is 14.7. The second kappa shape index (κ2) is 16.3. The molecule has 0 N–H and O–H groups in total. The summed E-state index contributed by atoms with van der Waals surface area (Å²) in [6.07, 6.45) is 0. The van der Waals surface area contributed by atoms with Gasteiger partial charge in [0.2, 0.25) is 0 Å². The molecule has 0 spiro atoms. The molecule has 10 aromatic rings. The quantitative estimate of drug-likeness (QED) is 0.143. The van der Waals surface area contributed by atoms with Crippen LogP contribution in [-0.4, -0.2) is 0 Å². The van der Waals surface area contributed by atoms with Gasteiger partial charge in [-0.25, -0.2) is 0 Å². The van der Waals surface area contributed by atoms with E-state index in [4.69, 9.17) is 0 Å². The fourth-order valence-corrected chi connectivity index (χ4v) is 11.3. The average Bonchev–Trinajstić information content (AvgIpc) is 3.78. The highest BCUT2D eigenvalue weighted by atomic mass is 15.2. The second-order valence-electron chi connectivity index (χ2n) is 19.3. The number of benzene rings is 10. The highest BCUT2D eigenvalue weighted by molar-refractivity contribution is 5.99. The van der Waals surface area contributed by atoms with Crippen LogP contribution in [-0.2, 0) is 10.8 Å². The molecule has 0 atom stereocenters. The molecule has 0 aromatic heterocycles. The molecular weight excluding hydrogens is 821 g/mol. The molecule has 0 amide bonds. The van der Waals surface area contributed by atoms with Gasteiger partial charge in [-0.15, -0.1) is 0 Å². The van der Waals surface area contributed by atoms with Gasteiger partial charge in [0.1, 0.15) is 0 Å². The Balaban J connectivity index is 1.01. The summed E-state index contributed by atoms with van der Waals surface area (Å²) in [7, 11) is 0. The molecule has 0 saturated heterocycles. The van der Waals surface area contributed by atoms with Crippen molar-refractivity contribution in [3.63, 3.8) is 0 Å². The lowest BCUT2D eigenvalue weighted by Gasteiger charge is -2.33. The molecule has 0 aliphatic heterocycles. The van der Waals surface area contributed by atoms with Crippen LogP contribution in [0.2, 0.25) is 0 Å². The molecule has 0 saturated carbocycles. The summed E-state index contributed by atoms with van der Waals surface area (Å²) in [6.45, 7) is 9.52. The summed E-state index contributed by atoms with van der Waals surface area (Å²) in [5.41, 5.74) is 24.3. The van der Waals surface area contributed by atoms with Gasteiger partial charge >= 0.3 is 0 Å². The van der Waals surface area contributed by atoms with Crippen LogP contribution >= 0.6 is 0 Å². The number of fused-ring (bicyclic) bond motifs is 6. The monoisotopic (exact) mass is 872 g/mol. The maximum atomic E-state index is 2.46. The molecule has 2 aliphatic rings. The standard InChI is InChI=1S/C66H52N2/c1-65(2)58-29-17-14-27-55(58)56-41-40-52(44-60(56)65)68(61-31-19-16-26-53(61)47-22-10-6-11-23-47)51-38-34-48(35-39-51)54-42-43-62(64-63(54)57-28-15-18-30-59(57)66(64,3)4)67(49-24-12-7-13-25-49)50-36-32-46(33-37-50)45-20-8-5-9-21-45/h5-44H,1-4H3. The van der Waals surface area contributed by atoms with E-state index in [0.717, 1.165) is 28.4 Å². The molecule has 2 heteroatoms. The van der Waals surface area contributed by atoms with Crippen molar-refractivity contribution in [2.75, 3.05) is 9.80 Å². The van der Waals surface area contributed by atoms with E-state index in [1.165, 1.54) is 83.6 Å². The number of para-hydroxylation sites is 2. The van der Waals surface area contributed by atoms with E-state index in [2.05, 4.69) is 280 Å². The highest BCUT2D eigenvalue weighted by Crippen LogP contribution is 2.58. The first kappa shape index (κ1) is 41.2. The molecule has 0 radical (unpaired) electrons. The Labute approximate surface area is 401 Å². The van der Waals surface area contributed by atoms with Gasteiger partial charge < -0.3 is 9.80 Å². The molecule has 0 unspecified atom stereocenters. The molecule has 68 heavy (non-hydrogen) atoms. The summed E-state index contributed by atoms with van der Waals surface area (Å²) in [5, 5.41) is 0. The Morgan fingerprint density at radius 1 is 0.265 bits per heavy atom. The largest absolute Gasteiger partial charge is 0.310 e.